The Hall–Kier alpha value is -2.88. The van der Waals surface area contributed by atoms with Crippen LogP contribution >= 0.6 is 23.2 Å². The van der Waals surface area contributed by atoms with Crippen LogP contribution in [0, 0.1) is 11.7 Å². The zero-order valence-electron chi connectivity index (χ0n) is 19.7. The molecule has 2 N–H and O–H groups in total. The van der Waals surface area contributed by atoms with Crippen LogP contribution in [0.2, 0.25) is 10.0 Å². The molecule has 0 radical (unpaired) electrons. The molecule has 2 aromatic heterocycles. The number of carbonyl (C=O) groups excluding carboxylic acids is 1. The van der Waals surface area contributed by atoms with Crippen molar-refractivity contribution >= 4 is 34.9 Å². The van der Waals surface area contributed by atoms with E-state index in [0.29, 0.717) is 28.8 Å². The number of amides is 1. The van der Waals surface area contributed by atoms with E-state index in [-0.39, 0.29) is 16.7 Å². The number of likely N-dealkylation sites (N-methyl/N-ethyl adjacent to an activating group) is 1. The highest BCUT2D eigenvalue weighted by Gasteiger charge is 2.29. The minimum absolute atomic E-state index is 0.0883. The van der Waals surface area contributed by atoms with Gasteiger partial charge in [-0.2, -0.15) is 5.10 Å². The van der Waals surface area contributed by atoms with Gasteiger partial charge in [-0.1, -0.05) is 23.2 Å². The van der Waals surface area contributed by atoms with Gasteiger partial charge in [0.1, 0.15) is 11.9 Å². The molecule has 1 aromatic carbocycles. The Kier molecular flexibility index (Phi) is 7.49. The zero-order chi connectivity index (χ0) is 25.3. The van der Waals surface area contributed by atoms with Gasteiger partial charge >= 0.3 is 0 Å². The third-order valence-electron chi connectivity index (χ3n) is 5.97. The van der Waals surface area contributed by atoms with Gasteiger partial charge in [-0.05, 0) is 25.1 Å². The summed E-state index contributed by atoms with van der Waals surface area (Å²) >= 11 is 12.3. The van der Waals surface area contributed by atoms with E-state index in [1.165, 1.54) is 12.1 Å². The summed E-state index contributed by atoms with van der Waals surface area (Å²) in [6.45, 7) is 4.63. The number of halogens is 3. The third-order valence-corrected chi connectivity index (χ3v) is 6.69. The Morgan fingerprint density at radius 2 is 2.03 bits per heavy atom. The van der Waals surface area contributed by atoms with Gasteiger partial charge in [0.05, 0.1) is 17.8 Å². The average molecular weight is 521 g/mol. The second-order valence-electron chi connectivity index (χ2n) is 8.92. The maximum absolute atomic E-state index is 13.9. The molecular formula is C24H27Cl2FN6O2. The van der Waals surface area contributed by atoms with E-state index in [2.05, 4.69) is 15.0 Å². The summed E-state index contributed by atoms with van der Waals surface area (Å²) in [5.41, 5.74) is 8.01. The van der Waals surface area contributed by atoms with Gasteiger partial charge in [-0.15, -0.1) is 0 Å². The van der Waals surface area contributed by atoms with Crippen molar-refractivity contribution < 1.29 is 13.9 Å². The highest BCUT2D eigenvalue weighted by atomic mass is 35.5. The second kappa shape index (κ2) is 10.4. The second-order valence-corrected chi connectivity index (χ2v) is 9.71. The van der Waals surface area contributed by atoms with E-state index in [1.807, 2.05) is 10.9 Å². The fraction of sp³-hybridized carbons (Fsp3) is 0.375. The summed E-state index contributed by atoms with van der Waals surface area (Å²) in [7, 11) is 3.53. The average Bonchev–Trinajstić information content (AvgIpc) is 3.25. The van der Waals surface area contributed by atoms with Crippen molar-refractivity contribution in [1.82, 2.24) is 24.6 Å². The van der Waals surface area contributed by atoms with E-state index < -0.39 is 11.9 Å². The Bertz CT molecular complexity index is 1230. The maximum Gasteiger partial charge on any atom is 0.236 e. The Labute approximate surface area is 213 Å². The van der Waals surface area contributed by atoms with Crippen LogP contribution in [0.25, 0.3) is 11.1 Å². The molecule has 0 spiro atoms. The molecule has 1 unspecified atom stereocenters. The van der Waals surface area contributed by atoms with Crippen molar-refractivity contribution in [2.24, 2.45) is 5.92 Å². The number of anilines is 1. The Morgan fingerprint density at radius 3 is 2.74 bits per heavy atom. The van der Waals surface area contributed by atoms with Crippen molar-refractivity contribution in [3.05, 3.63) is 58.2 Å². The van der Waals surface area contributed by atoms with Gasteiger partial charge in [0.25, 0.3) is 0 Å². The van der Waals surface area contributed by atoms with Crippen LogP contribution in [0.5, 0.6) is 5.75 Å². The molecule has 1 fully saturated rings. The van der Waals surface area contributed by atoms with E-state index in [1.54, 1.807) is 44.4 Å². The van der Waals surface area contributed by atoms with Crippen molar-refractivity contribution in [2.75, 3.05) is 39.5 Å². The normalized spacial score (nSPS) is 15.0. The molecule has 3 heterocycles. The van der Waals surface area contributed by atoms with Crippen LogP contribution in [0.1, 0.15) is 18.6 Å². The predicted octanol–water partition coefficient (Wildman–Crippen LogP) is 4.13. The standard InChI is InChI=1S/C24H27Cl2FN6O2/c1-14(22-18(25)4-5-19(27)23(22)26)35-20-6-16(7-29-24(20)28)17-8-30-33(12-17)11-15-9-32(10-15)13-21(34)31(2)3/h4-8,12,14-15H,9-11,13H2,1-3H3,(H2,28,29). The lowest BCUT2D eigenvalue weighted by molar-refractivity contribution is -0.131. The lowest BCUT2D eigenvalue weighted by atomic mass is 10.0. The molecule has 186 valence electrons. The Morgan fingerprint density at radius 1 is 1.29 bits per heavy atom. The lowest BCUT2D eigenvalue weighted by Crippen LogP contribution is -2.51. The summed E-state index contributed by atoms with van der Waals surface area (Å²) in [4.78, 5) is 19.8. The minimum Gasteiger partial charge on any atom is -0.482 e. The number of likely N-dealkylation sites (tertiary alicyclic amines) is 1. The molecule has 1 amide bonds. The number of hydrogen-bond acceptors (Lipinski definition) is 6. The summed E-state index contributed by atoms with van der Waals surface area (Å²) in [6, 6.07) is 4.41. The van der Waals surface area contributed by atoms with E-state index in [9.17, 15) is 9.18 Å². The van der Waals surface area contributed by atoms with Crippen LogP contribution in [0.3, 0.4) is 0 Å². The number of pyridine rings is 1. The summed E-state index contributed by atoms with van der Waals surface area (Å²) in [5.74, 6) is 0.489. The highest BCUT2D eigenvalue weighted by molar-refractivity contribution is 6.36. The topological polar surface area (TPSA) is 89.5 Å². The van der Waals surface area contributed by atoms with Gasteiger partial charge in [-0.25, -0.2) is 9.37 Å². The number of ether oxygens (including phenoxy) is 1. The Balaban J connectivity index is 1.42. The molecule has 1 atom stereocenters. The maximum atomic E-state index is 13.9. The summed E-state index contributed by atoms with van der Waals surface area (Å²) in [5, 5.41) is 4.68. The van der Waals surface area contributed by atoms with E-state index in [0.717, 1.165) is 30.8 Å². The third kappa shape index (κ3) is 5.69. The van der Waals surface area contributed by atoms with Gasteiger partial charge < -0.3 is 15.4 Å². The summed E-state index contributed by atoms with van der Waals surface area (Å²) < 4.78 is 21.8. The first-order chi connectivity index (χ1) is 16.6. The molecule has 4 rings (SSSR count). The number of aromatic nitrogens is 3. The van der Waals surface area contributed by atoms with Crippen LogP contribution in [0.15, 0.2) is 36.8 Å². The van der Waals surface area contributed by atoms with Crippen molar-refractivity contribution in [3.8, 4) is 16.9 Å². The number of carbonyl (C=O) groups is 1. The van der Waals surface area contributed by atoms with Crippen molar-refractivity contribution in [3.63, 3.8) is 0 Å². The zero-order valence-corrected chi connectivity index (χ0v) is 21.2. The smallest absolute Gasteiger partial charge is 0.236 e. The van der Waals surface area contributed by atoms with Crippen LogP contribution in [-0.2, 0) is 11.3 Å². The van der Waals surface area contributed by atoms with Crippen LogP contribution in [-0.4, -0.2) is 64.2 Å². The number of rotatable bonds is 8. The van der Waals surface area contributed by atoms with Gasteiger partial charge in [0.2, 0.25) is 5.91 Å². The molecule has 1 saturated heterocycles. The predicted molar refractivity (Wildman–Crippen MR) is 134 cm³/mol. The number of nitrogen functional groups attached to an aromatic ring is 1. The fourth-order valence-corrected chi connectivity index (χ4v) is 4.68. The first kappa shape index (κ1) is 25.2. The molecular weight excluding hydrogens is 494 g/mol. The van der Waals surface area contributed by atoms with E-state index >= 15 is 0 Å². The first-order valence-electron chi connectivity index (χ1n) is 11.1. The monoisotopic (exact) mass is 520 g/mol. The number of nitrogens with zero attached hydrogens (tertiary/aromatic N) is 5. The molecule has 35 heavy (non-hydrogen) atoms. The highest BCUT2D eigenvalue weighted by Crippen LogP contribution is 2.37. The number of hydrogen-bond donors (Lipinski definition) is 1. The quantitative estimate of drug-likeness (QED) is 0.449. The minimum atomic E-state index is -0.659. The fourth-order valence-electron chi connectivity index (χ4n) is 4.00. The lowest BCUT2D eigenvalue weighted by Gasteiger charge is -2.39. The molecule has 1 aliphatic rings. The number of benzene rings is 1. The SMILES string of the molecule is CC(Oc1cc(-c2cnn(CC3CN(CC(=O)N(C)C)C3)c2)cnc1N)c1c(Cl)ccc(F)c1Cl. The number of nitrogens with two attached hydrogens (primary N) is 1. The molecule has 0 saturated carbocycles. The largest absolute Gasteiger partial charge is 0.482 e. The van der Waals surface area contributed by atoms with E-state index in [4.69, 9.17) is 33.7 Å². The molecule has 0 bridgehead atoms. The van der Waals surface area contributed by atoms with Crippen molar-refractivity contribution in [1.29, 1.82) is 0 Å². The van der Waals surface area contributed by atoms with Gasteiger partial charge in [0, 0.05) is 73.8 Å². The molecule has 3 aromatic rings. The molecule has 8 nitrogen and oxygen atoms in total. The van der Waals surface area contributed by atoms with Gasteiger partial charge in [-0.3, -0.25) is 14.4 Å². The molecule has 11 heteroatoms. The molecule has 1 aliphatic heterocycles. The van der Waals surface area contributed by atoms with Crippen LogP contribution < -0.4 is 10.5 Å². The van der Waals surface area contributed by atoms with Crippen molar-refractivity contribution in [2.45, 2.75) is 19.6 Å². The molecule has 0 aliphatic carbocycles. The summed E-state index contributed by atoms with van der Waals surface area (Å²) in [6.07, 6.45) is 4.68. The van der Waals surface area contributed by atoms with Crippen LogP contribution in [0.4, 0.5) is 10.2 Å². The van der Waals surface area contributed by atoms with Gasteiger partial charge in [0.15, 0.2) is 11.6 Å². The first-order valence-corrected chi connectivity index (χ1v) is 11.9.